The molecule has 1 heterocycles. The van der Waals surface area contributed by atoms with E-state index >= 15 is 0 Å². The Morgan fingerprint density at radius 3 is 3.08 bits per heavy atom. The van der Waals surface area contributed by atoms with E-state index in [1.54, 1.807) is 0 Å². The maximum Gasteiger partial charge on any atom is 0.0930 e. The van der Waals surface area contributed by atoms with Gasteiger partial charge in [-0.3, -0.25) is 0 Å². The number of anilines is 1. The first kappa shape index (κ1) is 9.16. The fourth-order valence-corrected chi connectivity index (χ4v) is 3.57. The van der Waals surface area contributed by atoms with Crippen molar-refractivity contribution in [2.75, 3.05) is 18.6 Å². The van der Waals surface area contributed by atoms with E-state index in [0.717, 1.165) is 0 Å². The second-order valence-corrected chi connectivity index (χ2v) is 5.10. The van der Waals surface area contributed by atoms with Crippen LogP contribution in [0.2, 0.25) is 0 Å². The van der Waals surface area contributed by atoms with E-state index in [2.05, 4.69) is 23.7 Å². The number of thioether (sulfide) groups is 1. The molecule has 13 heavy (non-hydrogen) atoms. The van der Waals surface area contributed by atoms with Crippen molar-refractivity contribution in [1.29, 1.82) is 0 Å². The summed E-state index contributed by atoms with van der Waals surface area (Å²) in [6.45, 7) is 0. The highest BCUT2D eigenvalue weighted by Crippen LogP contribution is 2.41. The quantitative estimate of drug-likeness (QED) is 0.752. The van der Waals surface area contributed by atoms with Crippen molar-refractivity contribution in [3.05, 3.63) is 17.2 Å². The van der Waals surface area contributed by atoms with E-state index in [1.165, 1.54) is 33.2 Å². The average molecular weight is 211 g/mol. The number of fused-ring (bicyclic) bond motifs is 1. The SMILES string of the molecule is CNc1sc(SC)c2c1CCC=C2. The third kappa shape index (κ3) is 1.51. The van der Waals surface area contributed by atoms with Gasteiger partial charge in [0.1, 0.15) is 0 Å². The molecule has 0 saturated heterocycles. The molecular weight excluding hydrogens is 198 g/mol. The minimum absolute atomic E-state index is 1.19. The number of allylic oxidation sites excluding steroid dienone is 1. The smallest absolute Gasteiger partial charge is 0.0930 e. The molecule has 0 aromatic carbocycles. The molecule has 70 valence electrons. The third-order valence-electron chi connectivity index (χ3n) is 2.27. The van der Waals surface area contributed by atoms with E-state index < -0.39 is 0 Å². The van der Waals surface area contributed by atoms with Gasteiger partial charge in [0, 0.05) is 12.6 Å². The Morgan fingerprint density at radius 2 is 2.38 bits per heavy atom. The van der Waals surface area contributed by atoms with Crippen LogP contribution in [0.15, 0.2) is 10.3 Å². The normalized spacial score (nSPS) is 14.3. The van der Waals surface area contributed by atoms with E-state index in [9.17, 15) is 0 Å². The van der Waals surface area contributed by atoms with Crippen molar-refractivity contribution in [3.8, 4) is 0 Å². The van der Waals surface area contributed by atoms with Gasteiger partial charge < -0.3 is 5.32 Å². The lowest BCUT2D eigenvalue weighted by Gasteiger charge is -2.07. The van der Waals surface area contributed by atoms with Crippen LogP contribution in [-0.2, 0) is 6.42 Å². The third-order valence-corrected chi connectivity index (χ3v) is 4.67. The van der Waals surface area contributed by atoms with Crippen molar-refractivity contribution >= 4 is 34.2 Å². The molecule has 0 bridgehead atoms. The van der Waals surface area contributed by atoms with Gasteiger partial charge in [0.05, 0.1) is 9.21 Å². The zero-order chi connectivity index (χ0) is 9.26. The van der Waals surface area contributed by atoms with Crippen LogP contribution in [0.3, 0.4) is 0 Å². The molecule has 3 heteroatoms. The van der Waals surface area contributed by atoms with Crippen LogP contribution in [0.1, 0.15) is 17.5 Å². The predicted octanol–water partition coefficient (Wildman–Crippen LogP) is 3.47. The van der Waals surface area contributed by atoms with Crippen LogP contribution >= 0.6 is 23.1 Å². The Balaban J connectivity index is 2.52. The van der Waals surface area contributed by atoms with E-state index in [0.29, 0.717) is 0 Å². The lowest BCUT2D eigenvalue weighted by atomic mass is 10.0. The van der Waals surface area contributed by atoms with Gasteiger partial charge in [0.2, 0.25) is 0 Å². The van der Waals surface area contributed by atoms with E-state index in [-0.39, 0.29) is 0 Å². The highest BCUT2D eigenvalue weighted by atomic mass is 32.2. The first-order valence-corrected chi connectivity index (χ1v) is 6.45. The van der Waals surface area contributed by atoms with Gasteiger partial charge in [-0.15, -0.1) is 23.1 Å². The second kappa shape index (κ2) is 3.76. The molecule has 1 nitrogen and oxygen atoms in total. The molecule has 1 aromatic rings. The minimum atomic E-state index is 1.19. The standard InChI is InChI=1S/C10H13NS2/c1-11-9-7-5-3-4-6-8(7)10(12-2)13-9/h4,6,11H,3,5H2,1-2H3. The first-order chi connectivity index (χ1) is 6.36. The summed E-state index contributed by atoms with van der Waals surface area (Å²) in [6.07, 6.45) is 9.07. The zero-order valence-corrected chi connectivity index (χ0v) is 9.52. The molecule has 0 amide bonds. The molecule has 1 N–H and O–H groups in total. The van der Waals surface area contributed by atoms with E-state index in [1.807, 2.05) is 30.1 Å². The summed E-state index contributed by atoms with van der Waals surface area (Å²) in [5.74, 6) is 0. The zero-order valence-electron chi connectivity index (χ0n) is 7.89. The lowest BCUT2D eigenvalue weighted by Crippen LogP contribution is -1.95. The molecule has 0 radical (unpaired) electrons. The van der Waals surface area contributed by atoms with Crippen LogP contribution in [0, 0.1) is 0 Å². The van der Waals surface area contributed by atoms with Crippen LogP contribution in [-0.4, -0.2) is 13.3 Å². The van der Waals surface area contributed by atoms with Crippen LogP contribution in [0.5, 0.6) is 0 Å². The van der Waals surface area contributed by atoms with Gasteiger partial charge >= 0.3 is 0 Å². The number of hydrogen-bond acceptors (Lipinski definition) is 3. The van der Waals surface area contributed by atoms with Crippen molar-refractivity contribution < 1.29 is 0 Å². The Kier molecular flexibility index (Phi) is 2.65. The van der Waals surface area contributed by atoms with Crippen LogP contribution < -0.4 is 5.32 Å². The topological polar surface area (TPSA) is 12.0 Å². The highest BCUT2D eigenvalue weighted by Gasteiger charge is 2.16. The minimum Gasteiger partial charge on any atom is -0.380 e. The largest absolute Gasteiger partial charge is 0.380 e. The van der Waals surface area contributed by atoms with Gasteiger partial charge in [-0.05, 0) is 24.7 Å². The molecule has 1 aliphatic rings. The summed E-state index contributed by atoms with van der Waals surface area (Å²) < 4.78 is 1.44. The predicted molar refractivity (Wildman–Crippen MR) is 63.0 cm³/mol. The Bertz CT molecular complexity index is 339. The number of thiophene rings is 1. The lowest BCUT2D eigenvalue weighted by molar-refractivity contribution is 0.990. The molecule has 0 atom stereocenters. The number of hydrogen-bond donors (Lipinski definition) is 1. The summed E-state index contributed by atoms with van der Waals surface area (Å²) in [5.41, 5.74) is 2.97. The highest BCUT2D eigenvalue weighted by molar-refractivity contribution is 8.00. The summed E-state index contributed by atoms with van der Waals surface area (Å²) in [5, 5.41) is 4.63. The number of rotatable bonds is 2. The molecule has 0 aliphatic heterocycles. The van der Waals surface area contributed by atoms with Gasteiger partial charge in [0.25, 0.3) is 0 Å². The first-order valence-electron chi connectivity index (χ1n) is 4.40. The Labute approximate surface area is 87.2 Å². The van der Waals surface area contributed by atoms with Crippen LogP contribution in [0.4, 0.5) is 5.00 Å². The maximum absolute atomic E-state index is 3.28. The van der Waals surface area contributed by atoms with E-state index in [4.69, 9.17) is 0 Å². The molecule has 2 rings (SSSR count). The van der Waals surface area contributed by atoms with Crippen LogP contribution in [0.25, 0.3) is 6.08 Å². The van der Waals surface area contributed by atoms with Gasteiger partial charge in [-0.2, -0.15) is 0 Å². The Hall–Kier alpha value is -0.410. The second-order valence-electron chi connectivity index (χ2n) is 3.01. The van der Waals surface area contributed by atoms with Gasteiger partial charge in [-0.25, -0.2) is 0 Å². The average Bonchev–Trinajstić information content (AvgIpc) is 2.56. The molecule has 0 fully saturated rings. The molecule has 1 aliphatic carbocycles. The fourth-order valence-electron chi connectivity index (χ4n) is 1.65. The summed E-state index contributed by atoms with van der Waals surface area (Å²) in [6, 6.07) is 0. The molecule has 0 saturated carbocycles. The number of nitrogens with one attached hydrogen (secondary N) is 1. The Morgan fingerprint density at radius 1 is 1.54 bits per heavy atom. The maximum atomic E-state index is 3.28. The summed E-state index contributed by atoms with van der Waals surface area (Å²) in [7, 11) is 2.01. The van der Waals surface area contributed by atoms with Crippen molar-refractivity contribution in [2.45, 2.75) is 17.1 Å². The summed E-state index contributed by atoms with van der Waals surface area (Å²) >= 11 is 3.72. The monoisotopic (exact) mass is 211 g/mol. The fraction of sp³-hybridized carbons (Fsp3) is 0.400. The van der Waals surface area contributed by atoms with Crippen molar-refractivity contribution in [3.63, 3.8) is 0 Å². The summed E-state index contributed by atoms with van der Waals surface area (Å²) in [4.78, 5) is 0. The molecule has 1 aromatic heterocycles. The van der Waals surface area contributed by atoms with Gasteiger partial charge in [-0.1, -0.05) is 12.2 Å². The molecule has 0 spiro atoms. The van der Waals surface area contributed by atoms with Crippen molar-refractivity contribution in [2.24, 2.45) is 0 Å². The molecule has 0 unspecified atom stereocenters. The molecular formula is C10H13NS2. The van der Waals surface area contributed by atoms with Gasteiger partial charge in [0.15, 0.2) is 0 Å². The van der Waals surface area contributed by atoms with Crippen molar-refractivity contribution in [1.82, 2.24) is 0 Å².